The SMILES string of the molecule is CCNC/C(=C/c1ccc(Br)c(Cl)c1)CC. The largest absolute Gasteiger partial charge is 0.313 e. The van der Waals surface area contributed by atoms with Gasteiger partial charge in [-0.1, -0.05) is 43.2 Å². The summed E-state index contributed by atoms with van der Waals surface area (Å²) in [5.41, 5.74) is 2.54. The smallest absolute Gasteiger partial charge is 0.0554 e. The fourth-order valence-electron chi connectivity index (χ4n) is 1.40. The highest BCUT2D eigenvalue weighted by molar-refractivity contribution is 9.10. The summed E-state index contributed by atoms with van der Waals surface area (Å²) in [6.45, 7) is 6.23. The predicted molar refractivity (Wildman–Crippen MR) is 76.0 cm³/mol. The van der Waals surface area contributed by atoms with Gasteiger partial charge in [0.1, 0.15) is 0 Å². The van der Waals surface area contributed by atoms with Crippen molar-refractivity contribution in [2.45, 2.75) is 20.3 Å². The summed E-state index contributed by atoms with van der Waals surface area (Å²) in [6, 6.07) is 6.03. The van der Waals surface area contributed by atoms with Gasteiger partial charge in [0, 0.05) is 11.0 Å². The summed E-state index contributed by atoms with van der Waals surface area (Å²) < 4.78 is 0.941. The summed E-state index contributed by atoms with van der Waals surface area (Å²) >= 11 is 9.44. The molecule has 1 nitrogen and oxygen atoms in total. The molecule has 0 bridgehead atoms. The van der Waals surface area contributed by atoms with E-state index in [0.29, 0.717) is 0 Å². The summed E-state index contributed by atoms with van der Waals surface area (Å²) in [5, 5.41) is 4.09. The monoisotopic (exact) mass is 301 g/mol. The van der Waals surface area contributed by atoms with Crippen LogP contribution < -0.4 is 5.32 Å². The third-order valence-electron chi connectivity index (χ3n) is 2.37. The van der Waals surface area contributed by atoms with Crippen molar-refractivity contribution in [1.29, 1.82) is 0 Å². The number of hydrogen-bond donors (Lipinski definition) is 1. The van der Waals surface area contributed by atoms with Gasteiger partial charge in [0.15, 0.2) is 0 Å². The van der Waals surface area contributed by atoms with Gasteiger partial charge in [-0.05, 0) is 46.6 Å². The minimum atomic E-state index is 0.757. The fourth-order valence-corrected chi connectivity index (χ4v) is 1.84. The van der Waals surface area contributed by atoms with E-state index in [9.17, 15) is 0 Å². The number of hydrogen-bond acceptors (Lipinski definition) is 1. The quantitative estimate of drug-likeness (QED) is 0.844. The molecule has 1 N–H and O–H groups in total. The molecule has 0 amide bonds. The van der Waals surface area contributed by atoms with Gasteiger partial charge in [0.2, 0.25) is 0 Å². The third-order valence-corrected chi connectivity index (χ3v) is 3.60. The first kappa shape index (κ1) is 13.8. The molecule has 1 aromatic rings. The van der Waals surface area contributed by atoms with Crippen LogP contribution in [0.1, 0.15) is 25.8 Å². The van der Waals surface area contributed by atoms with Crippen molar-refractivity contribution >= 4 is 33.6 Å². The highest BCUT2D eigenvalue weighted by Gasteiger charge is 1.99. The van der Waals surface area contributed by atoms with Crippen molar-refractivity contribution in [2.75, 3.05) is 13.1 Å². The zero-order valence-electron chi connectivity index (χ0n) is 9.69. The highest BCUT2D eigenvalue weighted by Crippen LogP contribution is 2.24. The van der Waals surface area contributed by atoms with E-state index < -0.39 is 0 Å². The Hall–Kier alpha value is -0.310. The van der Waals surface area contributed by atoms with E-state index in [-0.39, 0.29) is 0 Å². The lowest BCUT2D eigenvalue weighted by atomic mass is 10.1. The Morgan fingerprint density at radius 2 is 2.19 bits per heavy atom. The second kappa shape index (κ2) is 7.10. The van der Waals surface area contributed by atoms with Gasteiger partial charge in [-0.15, -0.1) is 0 Å². The molecule has 0 aliphatic heterocycles. The van der Waals surface area contributed by atoms with E-state index in [1.165, 1.54) is 5.57 Å². The van der Waals surface area contributed by atoms with Gasteiger partial charge in [-0.3, -0.25) is 0 Å². The Kier molecular flexibility index (Phi) is 6.10. The predicted octanol–water partition coefficient (Wildman–Crippen LogP) is 4.51. The molecule has 0 aliphatic carbocycles. The van der Waals surface area contributed by atoms with Crippen LogP contribution in [0.5, 0.6) is 0 Å². The second-order valence-electron chi connectivity index (χ2n) is 3.61. The average molecular weight is 303 g/mol. The van der Waals surface area contributed by atoms with Crippen LogP contribution >= 0.6 is 27.5 Å². The molecular formula is C13H17BrClN. The second-order valence-corrected chi connectivity index (χ2v) is 4.87. The number of rotatable bonds is 5. The van der Waals surface area contributed by atoms with Crippen LogP contribution in [0, 0.1) is 0 Å². The minimum Gasteiger partial charge on any atom is -0.313 e. The fraction of sp³-hybridized carbons (Fsp3) is 0.385. The maximum Gasteiger partial charge on any atom is 0.0554 e. The molecule has 1 rings (SSSR count). The lowest BCUT2D eigenvalue weighted by molar-refractivity contribution is 0.762. The van der Waals surface area contributed by atoms with Crippen LogP contribution in [-0.4, -0.2) is 13.1 Å². The van der Waals surface area contributed by atoms with E-state index in [0.717, 1.165) is 34.6 Å². The Morgan fingerprint density at radius 3 is 2.75 bits per heavy atom. The van der Waals surface area contributed by atoms with Crippen LogP contribution in [0.2, 0.25) is 5.02 Å². The molecule has 1 aromatic carbocycles. The maximum absolute atomic E-state index is 6.05. The molecule has 0 saturated carbocycles. The summed E-state index contributed by atoms with van der Waals surface area (Å²) in [7, 11) is 0. The Bertz CT molecular complexity index is 374. The molecule has 88 valence electrons. The van der Waals surface area contributed by atoms with E-state index in [1.54, 1.807) is 0 Å². The molecule has 0 aromatic heterocycles. The van der Waals surface area contributed by atoms with E-state index in [1.807, 2.05) is 12.1 Å². The first-order valence-corrected chi connectivity index (χ1v) is 6.69. The van der Waals surface area contributed by atoms with Gasteiger partial charge in [0.25, 0.3) is 0 Å². The summed E-state index contributed by atoms with van der Waals surface area (Å²) in [6.07, 6.45) is 3.25. The maximum atomic E-state index is 6.05. The summed E-state index contributed by atoms with van der Waals surface area (Å²) in [5.74, 6) is 0. The molecule has 0 aliphatic rings. The molecule has 0 heterocycles. The van der Waals surface area contributed by atoms with Crippen molar-refractivity contribution in [1.82, 2.24) is 5.32 Å². The topological polar surface area (TPSA) is 12.0 Å². The van der Waals surface area contributed by atoms with Gasteiger partial charge >= 0.3 is 0 Å². The van der Waals surface area contributed by atoms with E-state index in [2.05, 4.69) is 47.2 Å². The Balaban J connectivity index is 2.82. The standard InChI is InChI=1S/C13H17BrClN/c1-3-10(9-16-4-2)7-11-5-6-12(14)13(15)8-11/h5-8,16H,3-4,9H2,1-2H3/b10-7+. The van der Waals surface area contributed by atoms with Crippen molar-refractivity contribution < 1.29 is 0 Å². The average Bonchev–Trinajstić information content (AvgIpc) is 2.29. The molecule has 3 heteroatoms. The zero-order chi connectivity index (χ0) is 12.0. The Labute approximate surface area is 111 Å². The zero-order valence-corrected chi connectivity index (χ0v) is 12.0. The van der Waals surface area contributed by atoms with Crippen molar-refractivity contribution in [2.24, 2.45) is 0 Å². The van der Waals surface area contributed by atoms with Crippen molar-refractivity contribution in [3.8, 4) is 0 Å². The van der Waals surface area contributed by atoms with Crippen LogP contribution in [0.4, 0.5) is 0 Å². The molecule has 0 unspecified atom stereocenters. The first-order chi connectivity index (χ1) is 7.67. The van der Waals surface area contributed by atoms with E-state index in [4.69, 9.17) is 11.6 Å². The number of benzene rings is 1. The third kappa shape index (κ3) is 4.28. The molecular weight excluding hydrogens is 286 g/mol. The highest BCUT2D eigenvalue weighted by atomic mass is 79.9. The van der Waals surface area contributed by atoms with Crippen molar-refractivity contribution in [3.63, 3.8) is 0 Å². The molecule has 0 saturated heterocycles. The number of halogens is 2. The summed E-state index contributed by atoms with van der Waals surface area (Å²) in [4.78, 5) is 0. The van der Waals surface area contributed by atoms with Crippen LogP contribution in [0.3, 0.4) is 0 Å². The number of likely N-dealkylation sites (N-methyl/N-ethyl adjacent to an activating group) is 1. The van der Waals surface area contributed by atoms with Crippen LogP contribution in [-0.2, 0) is 0 Å². The first-order valence-electron chi connectivity index (χ1n) is 5.52. The van der Waals surface area contributed by atoms with Gasteiger partial charge < -0.3 is 5.32 Å². The molecule has 0 radical (unpaired) electrons. The molecule has 0 fully saturated rings. The van der Waals surface area contributed by atoms with Gasteiger partial charge in [0.05, 0.1) is 5.02 Å². The molecule has 16 heavy (non-hydrogen) atoms. The lowest BCUT2D eigenvalue weighted by Crippen LogP contribution is -2.15. The Morgan fingerprint density at radius 1 is 1.44 bits per heavy atom. The molecule has 0 spiro atoms. The number of nitrogens with one attached hydrogen (secondary N) is 1. The van der Waals surface area contributed by atoms with Gasteiger partial charge in [-0.2, -0.15) is 0 Å². The van der Waals surface area contributed by atoms with E-state index >= 15 is 0 Å². The van der Waals surface area contributed by atoms with Crippen molar-refractivity contribution in [3.05, 3.63) is 38.8 Å². The van der Waals surface area contributed by atoms with Gasteiger partial charge in [-0.25, -0.2) is 0 Å². The normalized spacial score (nSPS) is 11.9. The minimum absolute atomic E-state index is 0.757. The molecule has 0 atom stereocenters. The van der Waals surface area contributed by atoms with Crippen LogP contribution in [0.15, 0.2) is 28.2 Å². The van der Waals surface area contributed by atoms with Crippen LogP contribution in [0.25, 0.3) is 6.08 Å². The lowest BCUT2D eigenvalue weighted by Gasteiger charge is -2.06.